The number of carbonyl (C=O) groups excluding carboxylic acids is 1. The average Bonchev–Trinajstić information content (AvgIpc) is 2.61. The zero-order valence-corrected chi connectivity index (χ0v) is 12.7. The molecule has 2 aromatic rings. The number of benzene rings is 2. The van der Waals surface area contributed by atoms with E-state index in [1.807, 2.05) is 0 Å². The van der Waals surface area contributed by atoms with Crippen LogP contribution >= 0.6 is 0 Å². The molecule has 2 amide bonds. The van der Waals surface area contributed by atoms with Gasteiger partial charge in [-0.1, -0.05) is 12.1 Å². The van der Waals surface area contributed by atoms with E-state index in [0.717, 1.165) is 0 Å². The van der Waals surface area contributed by atoms with E-state index >= 15 is 0 Å². The molecular weight excluding hydrogens is 328 g/mol. The second-order valence-corrected chi connectivity index (χ2v) is 5.31. The van der Waals surface area contributed by atoms with E-state index in [9.17, 15) is 25.0 Å². The second-order valence-electron chi connectivity index (χ2n) is 5.31. The first-order valence-corrected chi connectivity index (χ1v) is 7.22. The van der Waals surface area contributed by atoms with Gasteiger partial charge in [-0.25, -0.2) is 4.79 Å². The number of nitro groups is 2. The molecule has 0 aliphatic carbocycles. The third-order valence-corrected chi connectivity index (χ3v) is 3.70. The van der Waals surface area contributed by atoms with Crippen molar-refractivity contribution in [3.8, 4) is 0 Å². The fraction of sp³-hybridized carbons (Fsp3) is 0.0625. The molecule has 9 nitrogen and oxygen atoms in total. The summed E-state index contributed by atoms with van der Waals surface area (Å²) in [6.07, 6.45) is 1.70. The van der Waals surface area contributed by atoms with E-state index < -0.39 is 21.9 Å². The Balaban J connectivity index is 1.95. The number of nitrogens with one attached hydrogen (secondary N) is 2. The number of hydrogen-bond acceptors (Lipinski definition) is 5. The summed E-state index contributed by atoms with van der Waals surface area (Å²) in [6, 6.07) is 10.7. The van der Waals surface area contributed by atoms with Crippen molar-refractivity contribution in [2.24, 2.45) is 0 Å². The molecule has 126 valence electrons. The second kappa shape index (κ2) is 6.40. The molecule has 1 atom stereocenters. The molecule has 0 spiro atoms. The fourth-order valence-electron chi connectivity index (χ4n) is 2.49. The number of hydrogen-bond donors (Lipinski definition) is 2. The number of urea groups is 1. The summed E-state index contributed by atoms with van der Waals surface area (Å²) in [4.78, 5) is 32.5. The molecule has 1 heterocycles. The minimum atomic E-state index is -0.557. The summed E-state index contributed by atoms with van der Waals surface area (Å²) >= 11 is 0. The van der Waals surface area contributed by atoms with Crippen LogP contribution < -0.4 is 10.6 Å². The van der Waals surface area contributed by atoms with Crippen LogP contribution in [0.2, 0.25) is 0 Å². The van der Waals surface area contributed by atoms with Crippen molar-refractivity contribution in [3.05, 3.63) is 86.0 Å². The van der Waals surface area contributed by atoms with Gasteiger partial charge in [0.2, 0.25) is 0 Å². The number of carbonyl (C=O) groups is 1. The molecular formula is C16H12N4O5. The minimum Gasteiger partial charge on any atom is -0.327 e. The van der Waals surface area contributed by atoms with Crippen molar-refractivity contribution in [1.29, 1.82) is 0 Å². The molecule has 2 aromatic carbocycles. The van der Waals surface area contributed by atoms with Crippen molar-refractivity contribution in [2.75, 3.05) is 0 Å². The Morgan fingerprint density at radius 2 is 1.60 bits per heavy atom. The molecule has 0 fully saturated rings. The van der Waals surface area contributed by atoms with Crippen LogP contribution in [0.4, 0.5) is 16.2 Å². The highest BCUT2D eigenvalue weighted by Gasteiger charge is 2.22. The quantitative estimate of drug-likeness (QED) is 0.653. The maximum Gasteiger partial charge on any atom is 0.319 e. The van der Waals surface area contributed by atoms with Gasteiger partial charge in [0.25, 0.3) is 11.4 Å². The highest BCUT2D eigenvalue weighted by Crippen LogP contribution is 2.26. The van der Waals surface area contributed by atoms with Crippen LogP contribution in [-0.4, -0.2) is 15.9 Å². The molecule has 1 unspecified atom stereocenters. The SMILES string of the molecule is O=C1NC(c2ccc([N+](=O)[O-])cc2)=CC(c2cccc([N+](=O)[O-])c2)N1. The molecule has 9 heteroatoms. The molecule has 0 bridgehead atoms. The Morgan fingerprint density at radius 3 is 2.24 bits per heavy atom. The van der Waals surface area contributed by atoms with E-state index in [1.165, 1.54) is 36.4 Å². The standard InChI is InChI=1S/C16H12N4O5/c21-16-17-14(10-4-6-12(7-5-10)19(22)23)9-15(18-16)11-2-1-3-13(8-11)20(24)25/h1-9,15H,(H2,17,18,21). The third kappa shape index (κ3) is 3.44. The van der Waals surface area contributed by atoms with Gasteiger partial charge >= 0.3 is 6.03 Å². The Morgan fingerprint density at radius 1 is 0.920 bits per heavy atom. The molecule has 25 heavy (non-hydrogen) atoms. The van der Waals surface area contributed by atoms with Crippen molar-refractivity contribution >= 4 is 23.1 Å². The highest BCUT2D eigenvalue weighted by atomic mass is 16.6. The Bertz CT molecular complexity index is 892. The van der Waals surface area contributed by atoms with E-state index in [4.69, 9.17) is 0 Å². The van der Waals surface area contributed by atoms with E-state index in [0.29, 0.717) is 16.8 Å². The fourth-order valence-corrected chi connectivity index (χ4v) is 2.49. The lowest BCUT2D eigenvalue weighted by Gasteiger charge is -2.24. The maximum atomic E-state index is 11.9. The van der Waals surface area contributed by atoms with Crippen LogP contribution in [0.15, 0.2) is 54.6 Å². The predicted octanol–water partition coefficient (Wildman–Crippen LogP) is 2.90. The molecule has 0 aromatic heterocycles. The summed E-state index contributed by atoms with van der Waals surface area (Å²) in [5.74, 6) is 0. The zero-order chi connectivity index (χ0) is 18.0. The van der Waals surface area contributed by atoms with Gasteiger partial charge < -0.3 is 10.6 Å². The van der Waals surface area contributed by atoms with Crippen LogP contribution in [-0.2, 0) is 0 Å². The van der Waals surface area contributed by atoms with Gasteiger partial charge in [-0.3, -0.25) is 20.2 Å². The average molecular weight is 340 g/mol. The van der Waals surface area contributed by atoms with Crippen molar-refractivity contribution in [2.45, 2.75) is 6.04 Å². The largest absolute Gasteiger partial charge is 0.327 e. The van der Waals surface area contributed by atoms with Crippen molar-refractivity contribution in [1.82, 2.24) is 10.6 Å². The van der Waals surface area contributed by atoms with Gasteiger partial charge in [0, 0.05) is 30.0 Å². The van der Waals surface area contributed by atoms with E-state index in [1.54, 1.807) is 18.2 Å². The van der Waals surface area contributed by atoms with Gasteiger partial charge in [-0.2, -0.15) is 0 Å². The van der Waals surface area contributed by atoms with Crippen LogP contribution in [0.3, 0.4) is 0 Å². The summed E-state index contributed by atoms with van der Waals surface area (Å²) in [6.45, 7) is 0. The normalized spacial score (nSPS) is 16.4. The summed E-state index contributed by atoms with van der Waals surface area (Å²) in [7, 11) is 0. The van der Waals surface area contributed by atoms with Crippen LogP contribution in [0.25, 0.3) is 5.70 Å². The molecule has 3 rings (SSSR count). The van der Waals surface area contributed by atoms with Crippen LogP contribution in [0.5, 0.6) is 0 Å². The monoisotopic (exact) mass is 340 g/mol. The topological polar surface area (TPSA) is 127 Å². The first-order chi connectivity index (χ1) is 11.9. The van der Waals surface area contributed by atoms with Gasteiger partial charge in [-0.15, -0.1) is 0 Å². The molecule has 1 aliphatic heterocycles. The number of nitro benzene ring substituents is 2. The van der Waals surface area contributed by atoms with Gasteiger partial charge in [0.1, 0.15) is 0 Å². The molecule has 1 aliphatic rings. The smallest absolute Gasteiger partial charge is 0.319 e. The highest BCUT2D eigenvalue weighted by molar-refractivity contribution is 5.88. The molecule has 0 radical (unpaired) electrons. The lowest BCUT2D eigenvalue weighted by molar-refractivity contribution is -0.385. The van der Waals surface area contributed by atoms with Gasteiger partial charge in [-0.05, 0) is 29.3 Å². The Labute approximate surface area is 141 Å². The first-order valence-electron chi connectivity index (χ1n) is 7.22. The van der Waals surface area contributed by atoms with Crippen LogP contribution in [0.1, 0.15) is 17.2 Å². The Kier molecular flexibility index (Phi) is 4.12. The Hall–Kier alpha value is -3.75. The van der Waals surface area contributed by atoms with Crippen molar-refractivity contribution < 1.29 is 14.6 Å². The van der Waals surface area contributed by atoms with Crippen LogP contribution in [0, 0.1) is 20.2 Å². The molecule has 0 saturated heterocycles. The number of amides is 2. The van der Waals surface area contributed by atoms with Gasteiger partial charge in [0.15, 0.2) is 0 Å². The number of non-ortho nitro benzene ring substituents is 2. The van der Waals surface area contributed by atoms with Crippen molar-refractivity contribution in [3.63, 3.8) is 0 Å². The number of nitrogens with zero attached hydrogens (tertiary/aromatic N) is 2. The van der Waals surface area contributed by atoms with E-state index in [-0.39, 0.29) is 11.4 Å². The van der Waals surface area contributed by atoms with Gasteiger partial charge in [0.05, 0.1) is 15.9 Å². The van der Waals surface area contributed by atoms with E-state index in [2.05, 4.69) is 10.6 Å². The summed E-state index contributed by atoms with van der Waals surface area (Å²) < 4.78 is 0. The lowest BCUT2D eigenvalue weighted by atomic mass is 10.0. The zero-order valence-electron chi connectivity index (χ0n) is 12.7. The third-order valence-electron chi connectivity index (χ3n) is 3.70. The number of rotatable bonds is 4. The minimum absolute atomic E-state index is 0.0557. The summed E-state index contributed by atoms with van der Waals surface area (Å²) in [5.41, 5.74) is 1.49. The molecule has 0 saturated carbocycles. The lowest BCUT2D eigenvalue weighted by Crippen LogP contribution is -2.40. The summed E-state index contributed by atoms with van der Waals surface area (Å²) in [5, 5.41) is 26.9. The first kappa shape index (κ1) is 16.1. The predicted molar refractivity (Wildman–Crippen MR) is 88.6 cm³/mol. The maximum absolute atomic E-state index is 11.9. The molecule has 2 N–H and O–H groups in total.